The van der Waals surface area contributed by atoms with E-state index in [9.17, 15) is 10.2 Å². The lowest BCUT2D eigenvalue weighted by Crippen LogP contribution is -1.99. The first-order chi connectivity index (χ1) is 8.56. The molecule has 3 nitrogen and oxygen atoms in total. The number of anilines is 1. The van der Waals surface area contributed by atoms with Crippen molar-refractivity contribution in [3.05, 3.63) is 53.1 Å². The molecular weight excluding hydrogens is 226 g/mol. The lowest BCUT2D eigenvalue weighted by molar-refractivity contribution is 0.470. The Morgan fingerprint density at radius 2 is 1.50 bits per heavy atom. The molecule has 0 saturated carbocycles. The molecule has 0 atom stereocenters. The zero-order chi connectivity index (χ0) is 13.1. The lowest BCUT2D eigenvalue weighted by atomic mass is 10.1. The largest absolute Gasteiger partial charge is 0.508 e. The molecule has 94 valence electrons. The molecule has 0 aliphatic carbocycles. The smallest absolute Gasteiger partial charge is 0.120 e. The highest BCUT2D eigenvalue weighted by atomic mass is 16.3. The summed E-state index contributed by atoms with van der Waals surface area (Å²) in [6, 6.07) is 11.1. The first-order valence-electron chi connectivity index (χ1n) is 5.88. The van der Waals surface area contributed by atoms with Crippen molar-refractivity contribution in [2.45, 2.75) is 20.4 Å². The molecule has 0 radical (unpaired) electrons. The molecule has 3 N–H and O–H groups in total. The molecule has 3 heteroatoms. The van der Waals surface area contributed by atoms with Gasteiger partial charge in [0.1, 0.15) is 11.5 Å². The van der Waals surface area contributed by atoms with Crippen LogP contribution in [0, 0.1) is 13.8 Å². The summed E-state index contributed by atoms with van der Waals surface area (Å²) >= 11 is 0. The van der Waals surface area contributed by atoms with Gasteiger partial charge >= 0.3 is 0 Å². The van der Waals surface area contributed by atoms with Gasteiger partial charge in [0.15, 0.2) is 0 Å². The molecule has 2 aromatic rings. The summed E-state index contributed by atoms with van der Waals surface area (Å²) in [6.45, 7) is 4.33. The van der Waals surface area contributed by atoms with Crippen LogP contribution in [-0.4, -0.2) is 10.2 Å². The first-order valence-corrected chi connectivity index (χ1v) is 5.88. The van der Waals surface area contributed by atoms with Gasteiger partial charge < -0.3 is 15.5 Å². The average molecular weight is 243 g/mol. The van der Waals surface area contributed by atoms with Crippen LogP contribution >= 0.6 is 0 Å². The van der Waals surface area contributed by atoms with E-state index in [2.05, 4.69) is 5.32 Å². The minimum atomic E-state index is 0.284. The van der Waals surface area contributed by atoms with Crippen LogP contribution in [0.2, 0.25) is 0 Å². The third kappa shape index (κ3) is 2.74. The second-order valence-electron chi connectivity index (χ2n) is 4.48. The number of aryl methyl sites for hydroxylation is 2. The van der Waals surface area contributed by atoms with Gasteiger partial charge in [-0.05, 0) is 42.7 Å². The summed E-state index contributed by atoms with van der Waals surface area (Å²) in [7, 11) is 0. The molecule has 0 aliphatic heterocycles. The molecule has 0 saturated heterocycles. The van der Waals surface area contributed by atoms with Crippen molar-refractivity contribution in [1.29, 1.82) is 0 Å². The number of benzene rings is 2. The zero-order valence-corrected chi connectivity index (χ0v) is 10.6. The Balaban J connectivity index is 2.06. The van der Waals surface area contributed by atoms with Gasteiger partial charge in [0.25, 0.3) is 0 Å². The highest BCUT2D eigenvalue weighted by Gasteiger charge is 2.00. The van der Waals surface area contributed by atoms with Crippen LogP contribution in [0.3, 0.4) is 0 Å². The Labute approximate surface area is 107 Å². The molecule has 0 unspecified atom stereocenters. The van der Waals surface area contributed by atoms with Crippen molar-refractivity contribution in [2.75, 3.05) is 5.32 Å². The molecule has 0 bridgehead atoms. The summed E-state index contributed by atoms with van der Waals surface area (Å²) in [5.41, 5.74) is 3.58. The number of phenolic OH excluding ortho intramolecular Hbond substituents is 2. The van der Waals surface area contributed by atoms with Gasteiger partial charge in [-0.25, -0.2) is 0 Å². The number of hydrogen-bond donors (Lipinski definition) is 3. The van der Waals surface area contributed by atoms with E-state index in [-0.39, 0.29) is 5.75 Å². The molecule has 0 aliphatic rings. The van der Waals surface area contributed by atoms with Crippen molar-refractivity contribution in [3.63, 3.8) is 0 Å². The third-order valence-corrected chi connectivity index (χ3v) is 2.98. The van der Waals surface area contributed by atoms with Gasteiger partial charge in [-0.1, -0.05) is 18.2 Å². The van der Waals surface area contributed by atoms with Crippen LogP contribution in [0.15, 0.2) is 36.4 Å². The third-order valence-electron chi connectivity index (χ3n) is 2.98. The van der Waals surface area contributed by atoms with Crippen LogP contribution in [0.25, 0.3) is 0 Å². The molecule has 0 aromatic heterocycles. The summed E-state index contributed by atoms with van der Waals surface area (Å²) < 4.78 is 0. The van der Waals surface area contributed by atoms with Gasteiger partial charge in [0.05, 0.1) is 0 Å². The van der Waals surface area contributed by atoms with E-state index in [4.69, 9.17) is 0 Å². The monoisotopic (exact) mass is 243 g/mol. The maximum absolute atomic E-state index is 9.61. The summed E-state index contributed by atoms with van der Waals surface area (Å²) in [4.78, 5) is 0. The van der Waals surface area contributed by atoms with Crippen molar-refractivity contribution in [3.8, 4) is 11.5 Å². The Morgan fingerprint density at radius 3 is 2.11 bits per heavy atom. The molecule has 0 heterocycles. The Kier molecular flexibility index (Phi) is 3.42. The molecular formula is C15H17NO2. The molecule has 0 amide bonds. The maximum atomic E-state index is 9.61. The van der Waals surface area contributed by atoms with E-state index < -0.39 is 0 Å². The highest BCUT2D eigenvalue weighted by Crippen LogP contribution is 2.22. The van der Waals surface area contributed by atoms with E-state index in [0.717, 1.165) is 22.4 Å². The fourth-order valence-corrected chi connectivity index (χ4v) is 1.69. The predicted octanol–water partition coefficient (Wildman–Crippen LogP) is 3.33. The average Bonchev–Trinajstić information content (AvgIpc) is 2.35. The minimum Gasteiger partial charge on any atom is -0.508 e. The van der Waals surface area contributed by atoms with Crippen LogP contribution in [-0.2, 0) is 6.54 Å². The standard InChI is InChI=1S/C15H17NO2/c1-10-3-5-12(7-14(10)17)9-16-13-6-4-11(2)15(18)8-13/h3-8,16-18H,9H2,1-2H3. The number of hydrogen-bond acceptors (Lipinski definition) is 3. The number of phenols is 2. The van der Waals surface area contributed by atoms with Gasteiger partial charge in [-0.2, -0.15) is 0 Å². The second-order valence-corrected chi connectivity index (χ2v) is 4.48. The Hall–Kier alpha value is -2.16. The van der Waals surface area contributed by atoms with E-state index >= 15 is 0 Å². The molecule has 2 rings (SSSR count). The van der Waals surface area contributed by atoms with E-state index in [1.54, 1.807) is 12.1 Å². The molecule has 0 spiro atoms. The minimum absolute atomic E-state index is 0.284. The van der Waals surface area contributed by atoms with Gasteiger partial charge in [-0.15, -0.1) is 0 Å². The normalized spacial score (nSPS) is 10.3. The molecule has 0 fully saturated rings. The fourth-order valence-electron chi connectivity index (χ4n) is 1.69. The maximum Gasteiger partial charge on any atom is 0.120 e. The Morgan fingerprint density at radius 1 is 0.889 bits per heavy atom. The van der Waals surface area contributed by atoms with Crippen molar-refractivity contribution in [2.24, 2.45) is 0 Å². The topological polar surface area (TPSA) is 52.5 Å². The highest BCUT2D eigenvalue weighted by molar-refractivity contribution is 5.51. The zero-order valence-electron chi connectivity index (χ0n) is 10.6. The van der Waals surface area contributed by atoms with Crippen molar-refractivity contribution < 1.29 is 10.2 Å². The van der Waals surface area contributed by atoms with Crippen LogP contribution in [0.4, 0.5) is 5.69 Å². The molecule has 18 heavy (non-hydrogen) atoms. The van der Waals surface area contributed by atoms with Gasteiger partial charge in [0, 0.05) is 18.3 Å². The van der Waals surface area contributed by atoms with Crippen LogP contribution < -0.4 is 5.32 Å². The second kappa shape index (κ2) is 5.00. The molecule has 2 aromatic carbocycles. The fraction of sp³-hybridized carbons (Fsp3) is 0.200. The van der Waals surface area contributed by atoms with E-state index in [1.807, 2.05) is 38.1 Å². The van der Waals surface area contributed by atoms with Crippen LogP contribution in [0.1, 0.15) is 16.7 Å². The SMILES string of the molecule is Cc1ccc(CNc2ccc(C)c(O)c2)cc1O. The summed E-state index contributed by atoms with van der Waals surface area (Å²) in [5, 5.41) is 22.4. The summed E-state index contributed by atoms with van der Waals surface area (Å²) in [5.74, 6) is 0.591. The van der Waals surface area contributed by atoms with Crippen molar-refractivity contribution in [1.82, 2.24) is 0 Å². The lowest BCUT2D eigenvalue weighted by Gasteiger charge is -2.09. The first kappa shape index (κ1) is 12.3. The van der Waals surface area contributed by atoms with Gasteiger partial charge in [0.2, 0.25) is 0 Å². The van der Waals surface area contributed by atoms with Gasteiger partial charge in [-0.3, -0.25) is 0 Å². The Bertz CT molecular complexity index is 513. The predicted molar refractivity (Wildman–Crippen MR) is 73.0 cm³/mol. The summed E-state index contributed by atoms with van der Waals surface area (Å²) in [6.07, 6.45) is 0. The van der Waals surface area contributed by atoms with Crippen molar-refractivity contribution >= 4 is 5.69 Å². The van der Waals surface area contributed by atoms with E-state index in [0.29, 0.717) is 12.3 Å². The number of aromatic hydroxyl groups is 2. The number of nitrogens with one attached hydrogen (secondary N) is 1. The quantitative estimate of drug-likeness (QED) is 0.775. The van der Waals surface area contributed by atoms with E-state index in [1.165, 1.54) is 0 Å². The van der Waals surface area contributed by atoms with Crippen LogP contribution in [0.5, 0.6) is 11.5 Å². The number of rotatable bonds is 3.